The smallest absolute Gasteiger partial charge is 0.273 e. The first-order chi connectivity index (χ1) is 13.2. The first-order valence-corrected chi connectivity index (χ1v) is 8.61. The Morgan fingerprint density at radius 1 is 0.889 bits per heavy atom. The second-order valence-corrected chi connectivity index (χ2v) is 5.91. The van der Waals surface area contributed by atoms with Crippen molar-refractivity contribution in [2.45, 2.75) is 6.54 Å². The van der Waals surface area contributed by atoms with Gasteiger partial charge in [0, 0.05) is 0 Å². The summed E-state index contributed by atoms with van der Waals surface area (Å²) in [5.74, 6) is 0.807. The van der Waals surface area contributed by atoms with E-state index in [4.69, 9.17) is 9.47 Å². The number of para-hydroxylation sites is 1. The summed E-state index contributed by atoms with van der Waals surface area (Å²) in [6.45, 7) is 0.531. The van der Waals surface area contributed by atoms with Crippen molar-refractivity contribution in [3.8, 4) is 11.5 Å². The zero-order valence-corrected chi connectivity index (χ0v) is 15.4. The molecule has 0 heterocycles. The van der Waals surface area contributed by atoms with Gasteiger partial charge in [-0.3, -0.25) is 15.2 Å². The van der Waals surface area contributed by atoms with Crippen molar-refractivity contribution >= 4 is 11.6 Å². The molecule has 27 heavy (non-hydrogen) atoms. The van der Waals surface area contributed by atoms with E-state index in [0.717, 1.165) is 11.3 Å². The van der Waals surface area contributed by atoms with E-state index < -0.39 is 0 Å². The van der Waals surface area contributed by atoms with Gasteiger partial charge in [0.2, 0.25) is 0 Å². The average molecular weight is 362 g/mol. The lowest BCUT2D eigenvalue weighted by molar-refractivity contribution is 0.0945. The van der Waals surface area contributed by atoms with Crippen molar-refractivity contribution in [1.82, 2.24) is 5.43 Å². The van der Waals surface area contributed by atoms with E-state index in [1.165, 1.54) is 7.11 Å². The quantitative estimate of drug-likeness (QED) is 0.644. The van der Waals surface area contributed by atoms with Crippen LogP contribution in [0.5, 0.6) is 11.5 Å². The number of carbonyl (C=O) groups is 1. The highest BCUT2D eigenvalue weighted by atomic mass is 16.5. The number of anilines is 1. The molecule has 3 rings (SSSR count). The minimum atomic E-state index is -0.273. The van der Waals surface area contributed by atoms with Crippen molar-refractivity contribution in [3.05, 3.63) is 90.0 Å². The van der Waals surface area contributed by atoms with Gasteiger partial charge in [-0.05, 0) is 35.9 Å². The van der Waals surface area contributed by atoms with Crippen LogP contribution < -0.4 is 19.9 Å². The van der Waals surface area contributed by atoms with Crippen molar-refractivity contribution in [3.63, 3.8) is 0 Å². The molecular weight excluding hydrogens is 340 g/mol. The Balaban J connectivity index is 1.89. The lowest BCUT2D eigenvalue weighted by atomic mass is 10.1. The molecule has 1 amide bonds. The Labute approximate surface area is 159 Å². The summed E-state index contributed by atoms with van der Waals surface area (Å²) >= 11 is 0. The number of hydrazine groups is 1. The maximum atomic E-state index is 13.0. The summed E-state index contributed by atoms with van der Waals surface area (Å²) in [5.41, 5.74) is 5.36. The van der Waals surface area contributed by atoms with Gasteiger partial charge < -0.3 is 9.47 Å². The van der Waals surface area contributed by atoms with E-state index in [-0.39, 0.29) is 5.91 Å². The molecule has 0 aliphatic rings. The van der Waals surface area contributed by atoms with Crippen LogP contribution in [-0.2, 0) is 6.54 Å². The third-order valence-electron chi connectivity index (χ3n) is 4.14. The first kappa shape index (κ1) is 18.3. The fraction of sp³-hybridized carbons (Fsp3) is 0.136. The number of methoxy groups -OCH3 is 2. The van der Waals surface area contributed by atoms with Gasteiger partial charge in [0.1, 0.15) is 11.5 Å². The van der Waals surface area contributed by atoms with Gasteiger partial charge in [-0.1, -0.05) is 48.5 Å². The highest BCUT2D eigenvalue weighted by Gasteiger charge is 2.17. The predicted molar refractivity (Wildman–Crippen MR) is 106 cm³/mol. The molecule has 0 spiro atoms. The van der Waals surface area contributed by atoms with Crippen LogP contribution in [0.1, 0.15) is 15.9 Å². The molecule has 0 atom stereocenters. The molecule has 0 bridgehead atoms. The minimum Gasteiger partial charge on any atom is -0.497 e. The summed E-state index contributed by atoms with van der Waals surface area (Å²) in [7, 11) is 3.10. The van der Waals surface area contributed by atoms with Gasteiger partial charge in [-0.2, -0.15) is 0 Å². The SMILES string of the molecule is COc1ccc(OC)c(C(=O)NN(Cc2ccccc2)c2ccccc2)c1. The molecule has 0 aliphatic carbocycles. The molecule has 0 unspecified atom stereocenters. The van der Waals surface area contributed by atoms with Crippen LogP contribution in [0.15, 0.2) is 78.9 Å². The average Bonchev–Trinajstić information content (AvgIpc) is 2.74. The van der Waals surface area contributed by atoms with Gasteiger partial charge in [0.15, 0.2) is 0 Å². The van der Waals surface area contributed by atoms with Crippen molar-refractivity contribution < 1.29 is 14.3 Å². The van der Waals surface area contributed by atoms with E-state index in [1.54, 1.807) is 25.3 Å². The third kappa shape index (κ3) is 4.58. The fourth-order valence-electron chi connectivity index (χ4n) is 2.74. The van der Waals surface area contributed by atoms with Crippen molar-refractivity contribution in [2.24, 2.45) is 0 Å². The van der Waals surface area contributed by atoms with Crippen LogP contribution >= 0.6 is 0 Å². The molecule has 0 radical (unpaired) electrons. The van der Waals surface area contributed by atoms with Gasteiger partial charge in [-0.25, -0.2) is 0 Å². The lowest BCUT2D eigenvalue weighted by Gasteiger charge is -2.26. The molecule has 3 aromatic rings. The van der Waals surface area contributed by atoms with Crippen LogP contribution in [-0.4, -0.2) is 20.1 Å². The van der Waals surface area contributed by atoms with E-state index in [1.807, 2.05) is 65.7 Å². The Kier molecular flexibility index (Phi) is 5.94. The monoisotopic (exact) mass is 362 g/mol. The summed E-state index contributed by atoms with van der Waals surface area (Å²) in [5, 5.41) is 1.82. The topological polar surface area (TPSA) is 50.8 Å². The first-order valence-electron chi connectivity index (χ1n) is 8.61. The van der Waals surface area contributed by atoms with Gasteiger partial charge in [0.05, 0.1) is 32.0 Å². The lowest BCUT2D eigenvalue weighted by Crippen LogP contribution is -2.42. The maximum absolute atomic E-state index is 13.0. The molecule has 0 saturated heterocycles. The number of ether oxygens (including phenoxy) is 2. The van der Waals surface area contributed by atoms with Crippen LogP contribution in [0.25, 0.3) is 0 Å². The highest BCUT2D eigenvalue weighted by Crippen LogP contribution is 2.24. The van der Waals surface area contributed by atoms with E-state index in [9.17, 15) is 4.79 Å². The number of nitrogens with zero attached hydrogens (tertiary/aromatic N) is 1. The third-order valence-corrected chi connectivity index (χ3v) is 4.14. The van der Waals surface area contributed by atoms with Crippen LogP contribution in [0.4, 0.5) is 5.69 Å². The Bertz CT molecular complexity index is 883. The molecule has 0 saturated carbocycles. The zero-order valence-electron chi connectivity index (χ0n) is 15.4. The van der Waals surface area contributed by atoms with E-state index in [2.05, 4.69) is 5.43 Å². The standard InChI is InChI=1S/C22H22N2O3/c1-26-19-13-14-21(27-2)20(15-19)22(25)23-24(18-11-7-4-8-12-18)16-17-9-5-3-6-10-17/h3-15H,16H2,1-2H3,(H,23,25). The predicted octanol–water partition coefficient (Wildman–Crippen LogP) is 4.06. The van der Waals surface area contributed by atoms with Crippen molar-refractivity contribution in [2.75, 3.05) is 19.2 Å². The minimum absolute atomic E-state index is 0.273. The van der Waals surface area contributed by atoms with Gasteiger partial charge in [-0.15, -0.1) is 0 Å². The summed E-state index contributed by atoms with van der Waals surface area (Å²) in [4.78, 5) is 13.0. The Hall–Kier alpha value is -3.47. The molecule has 1 N–H and O–H groups in total. The van der Waals surface area contributed by atoms with Crippen molar-refractivity contribution in [1.29, 1.82) is 0 Å². The number of benzene rings is 3. The molecule has 138 valence electrons. The second-order valence-electron chi connectivity index (χ2n) is 5.91. The fourth-order valence-corrected chi connectivity index (χ4v) is 2.74. The number of rotatable bonds is 7. The van der Waals surface area contributed by atoms with Gasteiger partial charge in [0.25, 0.3) is 5.91 Å². The molecule has 0 aliphatic heterocycles. The molecule has 5 nitrogen and oxygen atoms in total. The van der Waals surface area contributed by atoms with E-state index >= 15 is 0 Å². The second kappa shape index (κ2) is 8.76. The Morgan fingerprint density at radius 2 is 1.56 bits per heavy atom. The molecular formula is C22H22N2O3. The summed E-state index contributed by atoms with van der Waals surface area (Å²) in [6, 6.07) is 24.8. The highest BCUT2D eigenvalue weighted by molar-refractivity contribution is 5.98. The normalized spacial score (nSPS) is 10.1. The number of hydrogen-bond donors (Lipinski definition) is 1. The number of amides is 1. The van der Waals surface area contributed by atoms with Crippen LogP contribution in [0, 0.1) is 0 Å². The molecule has 0 fully saturated rings. The largest absolute Gasteiger partial charge is 0.497 e. The number of hydrogen-bond acceptors (Lipinski definition) is 4. The number of nitrogens with one attached hydrogen (secondary N) is 1. The van der Waals surface area contributed by atoms with Crippen LogP contribution in [0.2, 0.25) is 0 Å². The molecule has 5 heteroatoms. The Morgan fingerprint density at radius 3 is 2.19 bits per heavy atom. The summed E-state index contributed by atoms with van der Waals surface area (Å²) < 4.78 is 10.6. The van der Waals surface area contributed by atoms with E-state index in [0.29, 0.717) is 23.6 Å². The van der Waals surface area contributed by atoms with Gasteiger partial charge >= 0.3 is 0 Å². The summed E-state index contributed by atoms with van der Waals surface area (Å²) in [6.07, 6.45) is 0. The molecule has 3 aromatic carbocycles. The zero-order chi connectivity index (χ0) is 19.1. The molecule has 0 aromatic heterocycles. The maximum Gasteiger partial charge on any atom is 0.273 e. The van der Waals surface area contributed by atoms with Crippen LogP contribution in [0.3, 0.4) is 0 Å². The number of carbonyl (C=O) groups excluding carboxylic acids is 1.